The highest BCUT2D eigenvalue weighted by Gasteiger charge is 2.64. The SMILES string of the molecule is O=C([C@@H]1[C@H](c2ccccc2)N1C1CCCCC1)[C@H]1[C@H](c2ccccc2)N1C1CCCCC1. The molecule has 2 unspecified atom stereocenters. The van der Waals surface area contributed by atoms with Gasteiger partial charge in [-0.1, -0.05) is 99.2 Å². The molecule has 2 aliphatic carbocycles. The zero-order valence-corrected chi connectivity index (χ0v) is 19.1. The second-order valence-electron chi connectivity index (χ2n) is 10.5. The van der Waals surface area contributed by atoms with Gasteiger partial charge in [0.2, 0.25) is 0 Å². The van der Waals surface area contributed by atoms with Crippen molar-refractivity contribution in [2.24, 2.45) is 0 Å². The largest absolute Gasteiger partial charge is 0.296 e. The van der Waals surface area contributed by atoms with Crippen LogP contribution in [0.4, 0.5) is 0 Å². The maximum atomic E-state index is 14.2. The molecule has 2 saturated carbocycles. The van der Waals surface area contributed by atoms with Gasteiger partial charge in [-0.3, -0.25) is 14.6 Å². The summed E-state index contributed by atoms with van der Waals surface area (Å²) in [5.74, 6) is 0.490. The fourth-order valence-electron chi connectivity index (χ4n) is 6.95. The van der Waals surface area contributed by atoms with Gasteiger partial charge in [0.05, 0.1) is 24.2 Å². The van der Waals surface area contributed by atoms with E-state index in [1.54, 1.807) is 0 Å². The minimum atomic E-state index is 0.0744. The number of hydrogen-bond donors (Lipinski definition) is 0. The second-order valence-corrected chi connectivity index (χ2v) is 10.5. The molecule has 4 aliphatic rings. The van der Waals surface area contributed by atoms with Crippen LogP contribution in [0, 0.1) is 0 Å². The van der Waals surface area contributed by atoms with Crippen molar-refractivity contribution in [1.82, 2.24) is 9.80 Å². The minimum Gasteiger partial charge on any atom is -0.296 e. The standard InChI is InChI=1S/C29H36N2O/c32-29(27-25(21-13-5-1-6-14-21)30(27)23-17-9-3-10-18-23)28-26(22-15-7-2-8-16-22)31(28)24-19-11-4-12-20-24/h1-2,5-8,13-16,23-28H,3-4,9-12,17-20H2/t25-,26-,27-,28+,30?,31?/m0/s1. The fraction of sp³-hybridized carbons (Fsp3) is 0.552. The van der Waals surface area contributed by atoms with Crippen LogP contribution < -0.4 is 0 Å². The van der Waals surface area contributed by atoms with Gasteiger partial charge in [0.25, 0.3) is 0 Å². The molecule has 2 aliphatic heterocycles. The molecule has 0 N–H and O–H groups in total. The lowest BCUT2D eigenvalue weighted by Gasteiger charge is -2.25. The number of benzene rings is 2. The summed E-state index contributed by atoms with van der Waals surface area (Å²) >= 11 is 0. The molecule has 168 valence electrons. The van der Waals surface area contributed by atoms with Crippen molar-refractivity contribution in [3.05, 3.63) is 71.8 Å². The first-order valence-electron chi connectivity index (χ1n) is 13.0. The van der Waals surface area contributed by atoms with Crippen LogP contribution >= 0.6 is 0 Å². The van der Waals surface area contributed by atoms with Gasteiger partial charge >= 0.3 is 0 Å². The Kier molecular flexibility index (Phi) is 5.64. The number of carbonyl (C=O) groups excluding carboxylic acids is 1. The van der Waals surface area contributed by atoms with E-state index in [0.717, 1.165) is 0 Å². The zero-order chi connectivity index (χ0) is 21.5. The van der Waals surface area contributed by atoms with Crippen LogP contribution in [0.15, 0.2) is 60.7 Å². The van der Waals surface area contributed by atoms with E-state index in [9.17, 15) is 4.79 Å². The summed E-state index contributed by atoms with van der Waals surface area (Å²) in [5.41, 5.74) is 2.66. The van der Waals surface area contributed by atoms with Crippen LogP contribution in [0.25, 0.3) is 0 Å². The van der Waals surface area contributed by atoms with Crippen molar-refractivity contribution in [2.45, 2.75) is 100 Å². The summed E-state index contributed by atoms with van der Waals surface area (Å²) in [4.78, 5) is 19.3. The van der Waals surface area contributed by atoms with Gasteiger partial charge in [0.1, 0.15) is 0 Å². The second kappa shape index (κ2) is 8.76. The van der Waals surface area contributed by atoms with Crippen molar-refractivity contribution < 1.29 is 4.79 Å². The lowest BCUT2D eigenvalue weighted by molar-refractivity contribution is -0.120. The topological polar surface area (TPSA) is 23.1 Å². The van der Waals surface area contributed by atoms with E-state index in [4.69, 9.17) is 0 Å². The van der Waals surface area contributed by atoms with Gasteiger partial charge in [-0.2, -0.15) is 0 Å². The number of hydrogen-bond acceptors (Lipinski definition) is 3. The number of carbonyl (C=O) groups is 1. The van der Waals surface area contributed by atoms with Crippen molar-refractivity contribution in [2.75, 3.05) is 0 Å². The van der Waals surface area contributed by atoms with E-state index < -0.39 is 0 Å². The van der Waals surface area contributed by atoms with Crippen LogP contribution in [-0.4, -0.2) is 39.8 Å². The van der Waals surface area contributed by atoms with E-state index >= 15 is 0 Å². The quantitative estimate of drug-likeness (QED) is 0.522. The molecule has 2 heterocycles. The number of nitrogens with zero attached hydrogens (tertiary/aromatic N) is 2. The molecule has 0 bridgehead atoms. The smallest absolute Gasteiger partial charge is 0.170 e. The summed E-state index contributed by atoms with van der Waals surface area (Å²) in [6.45, 7) is 0. The van der Waals surface area contributed by atoms with E-state index in [2.05, 4.69) is 70.5 Å². The molecular weight excluding hydrogens is 392 g/mol. The average Bonchev–Trinajstić information content (AvgIpc) is 3.79. The van der Waals surface area contributed by atoms with Crippen molar-refractivity contribution in [3.63, 3.8) is 0 Å². The third-order valence-corrected chi connectivity index (χ3v) is 8.56. The Morgan fingerprint density at radius 3 is 1.31 bits per heavy atom. The third-order valence-electron chi connectivity index (χ3n) is 8.56. The number of rotatable bonds is 6. The van der Waals surface area contributed by atoms with Crippen LogP contribution in [0.5, 0.6) is 0 Å². The molecule has 0 radical (unpaired) electrons. The van der Waals surface area contributed by atoms with Gasteiger partial charge in [0.15, 0.2) is 5.78 Å². The fourth-order valence-corrected chi connectivity index (χ4v) is 6.95. The van der Waals surface area contributed by atoms with E-state index in [0.29, 0.717) is 17.9 Å². The Bertz CT molecular complexity index is 841. The van der Waals surface area contributed by atoms with Crippen molar-refractivity contribution in [1.29, 1.82) is 0 Å². The molecule has 3 nitrogen and oxygen atoms in total. The van der Waals surface area contributed by atoms with Crippen molar-refractivity contribution >= 4 is 5.78 Å². The molecule has 0 spiro atoms. The Morgan fingerprint density at radius 1 is 0.562 bits per heavy atom. The lowest BCUT2D eigenvalue weighted by atomic mass is 9.95. The molecular formula is C29H36N2O. The highest BCUT2D eigenvalue weighted by molar-refractivity contribution is 5.96. The molecule has 3 heteroatoms. The van der Waals surface area contributed by atoms with Crippen LogP contribution in [0.2, 0.25) is 0 Å². The molecule has 6 atom stereocenters. The first kappa shape index (κ1) is 20.6. The molecule has 6 rings (SSSR count). The predicted octanol–water partition coefficient (Wildman–Crippen LogP) is 6.07. The molecule has 2 aromatic rings. The molecule has 2 aromatic carbocycles. The van der Waals surface area contributed by atoms with Gasteiger partial charge in [-0.25, -0.2) is 0 Å². The summed E-state index contributed by atoms with van der Waals surface area (Å²) in [5, 5.41) is 0. The average molecular weight is 429 g/mol. The number of Topliss-reactive ketones (excluding diaryl/α,β-unsaturated/α-hetero) is 1. The number of ketones is 1. The normalized spacial score (nSPS) is 35.4. The van der Waals surface area contributed by atoms with E-state index in [-0.39, 0.29) is 24.2 Å². The van der Waals surface area contributed by atoms with Crippen LogP contribution in [0.1, 0.15) is 87.4 Å². The summed E-state index contributed by atoms with van der Waals surface area (Å²) in [6.07, 6.45) is 13.0. The zero-order valence-electron chi connectivity index (χ0n) is 19.1. The molecule has 4 fully saturated rings. The highest BCUT2D eigenvalue weighted by atomic mass is 16.1. The Hall–Kier alpha value is -1.97. The summed E-state index contributed by atoms with van der Waals surface area (Å²) in [7, 11) is 0. The first-order valence-corrected chi connectivity index (χ1v) is 13.0. The monoisotopic (exact) mass is 428 g/mol. The maximum Gasteiger partial charge on any atom is 0.170 e. The maximum absolute atomic E-state index is 14.2. The molecule has 0 aromatic heterocycles. The summed E-state index contributed by atoms with van der Waals surface area (Å²) in [6, 6.07) is 23.5. The third kappa shape index (κ3) is 3.74. The van der Waals surface area contributed by atoms with Gasteiger partial charge in [0, 0.05) is 12.1 Å². The predicted molar refractivity (Wildman–Crippen MR) is 128 cm³/mol. The summed E-state index contributed by atoms with van der Waals surface area (Å²) < 4.78 is 0. The minimum absolute atomic E-state index is 0.0744. The van der Waals surface area contributed by atoms with Gasteiger partial charge in [-0.15, -0.1) is 0 Å². The Balaban J connectivity index is 1.28. The highest BCUT2D eigenvalue weighted by Crippen LogP contribution is 2.55. The first-order chi connectivity index (χ1) is 15.8. The van der Waals surface area contributed by atoms with Crippen LogP contribution in [-0.2, 0) is 4.79 Å². The van der Waals surface area contributed by atoms with E-state index in [1.165, 1.54) is 75.3 Å². The van der Waals surface area contributed by atoms with Crippen LogP contribution in [0.3, 0.4) is 0 Å². The van der Waals surface area contributed by atoms with Gasteiger partial charge in [-0.05, 0) is 36.8 Å². The lowest BCUT2D eigenvalue weighted by Crippen LogP contribution is -2.31. The molecule has 2 saturated heterocycles. The van der Waals surface area contributed by atoms with Crippen molar-refractivity contribution in [3.8, 4) is 0 Å². The molecule has 32 heavy (non-hydrogen) atoms. The van der Waals surface area contributed by atoms with E-state index in [1.807, 2.05) is 0 Å². The Morgan fingerprint density at radius 2 is 0.938 bits per heavy atom. The Labute approximate surface area is 192 Å². The molecule has 0 amide bonds. The van der Waals surface area contributed by atoms with Gasteiger partial charge < -0.3 is 0 Å².